The van der Waals surface area contributed by atoms with E-state index in [0.717, 1.165) is 37.9 Å². The molecule has 0 saturated carbocycles. The minimum Gasteiger partial charge on any atom is -0.497 e. The Balaban J connectivity index is 1.79. The van der Waals surface area contributed by atoms with Gasteiger partial charge in [-0.3, -0.25) is 9.52 Å². The van der Waals surface area contributed by atoms with Crippen molar-refractivity contribution in [2.75, 3.05) is 18.4 Å². The fourth-order valence-corrected chi connectivity index (χ4v) is 6.03. The Morgan fingerprint density at radius 3 is 2.59 bits per heavy atom. The number of aromatic amines is 1. The monoisotopic (exact) mass is 581 g/mol. The third kappa shape index (κ3) is 6.73. The van der Waals surface area contributed by atoms with Crippen molar-refractivity contribution >= 4 is 21.2 Å². The predicted octanol–water partition coefficient (Wildman–Crippen LogP) is 6.07. The zero-order valence-electron chi connectivity index (χ0n) is 24.4. The molecule has 0 aliphatic rings. The highest BCUT2D eigenvalue weighted by Gasteiger charge is 2.23. The van der Waals surface area contributed by atoms with Crippen LogP contribution in [0.15, 0.2) is 52.2 Å². The molecule has 10 nitrogen and oxygen atoms in total. The number of aromatic nitrogens is 4. The highest BCUT2D eigenvalue weighted by atomic mass is 32.2. The molecule has 2 aromatic heterocycles. The number of hydrogen-bond acceptors (Lipinski definition) is 7. The number of methoxy groups -OCH3 is 1. The molecule has 41 heavy (non-hydrogen) atoms. The minimum atomic E-state index is -3.99. The third-order valence-electron chi connectivity index (χ3n) is 7.10. The smallest absolute Gasteiger partial charge is 0.277 e. The third-order valence-corrected chi connectivity index (χ3v) is 8.48. The van der Waals surface area contributed by atoms with Crippen molar-refractivity contribution in [3.8, 4) is 22.9 Å². The van der Waals surface area contributed by atoms with Crippen LogP contribution in [0.5, 0.6) is 11.5 Å². The lowest BCUT2D eigenvalue weighted by Gasteiger charge is -2.15. The number of H-pyrrole nitrogens is 1. The van der Waals surface area contributed by atoms with Crippen molar-refractivity contribution in [3.63, 3.8) is 0 Å². The number of sulfonamides is 1. The first-order valence-corrected chi connectivity index (χ1v) is 15.6. The molecule has 0 aliphatic heterocycles. The molecular weight excluding hydrogens is 542 g/mol. The standard InChI is InChI=1S/C30H39N5O5S/c1-6-9-10-11-13-21(7-2)29-31-20(4)27-30(36)32-28(33-35(27)29)25-19-24(16-17-26(25)40-8-3)41(37,38)34-22-14-12-15-23(18-22)39-5/h12,14-19,21,34H,6-11,13H2,1-5H3,(H,32,33,36). The van der Waals surface area contributed by atoms with Crippen LogP contribution in [0, 0.1) is 6.92 Å². The number of aryl methyl sites for hydroxylation is 1. The maximum atomic E-state index is 13.4. The maximum absolute atomic E-state index is 13.4. The van der Waals surface area contributed by atoms with E-state index in [1.807, 2.05) is 13.8 Å². The molecule has 2 N–H and O–H groups in total. The van der Waals surface area contributed by atoms with Crippen molar-refractivity contribution < 1.29 is 17.9 Å². The average Bonchev–Trinajstić information content (AvgIpc) is 3.29. The summed E-state index contributed by atoms with van der Waals surface area (Å²) >= 11 is 0. The molecule has 0 aliphatic carbocycles. The van der Waals surface area contributed by atoms with E-state index in [1.165, 1.54) is 25.7 Å². The number of nitrogens with one attached hydrogen (secondary N) is 2. The van der Waals surface area contributed by atoms with E-state index in [2.05, 4.69) is 23.6 Å². The number of anilines is 1. The van der Waals surface area contributed by atoms with E-state index in [9.17, 15) is 13.2 Å². The Morgan fingerprint density at radius 2 is 1.88 bits per heavy atom. The highest BCUT2D eigenvalue weighted by Crippen LogP contribution is 2.32. The Labute approximate surface area is 241 Å². The lowest BCUT2D eigenvalue weighted by atomic mass is 9.97. The first-order valence-electron chi connectivity index (χ1n) is 14.2. The Kier molecular flexibility index (Phi) is 9.69. The summed E-state index contributed by atoms with van der Waals surface area (Å²) in [6.45, 7) is 8.29. The molecule has 2 heterocycles. The number of hydrogen-bond donors (Lipinski definition) is 2. The summed E-state index contributed by atoms with van der Waals surface area (Å²) in [6.07, 6.45) is 6.39. The second-order valence-electron chi connectivity index (χ2n) is 10.0. The summed E-state index contributed by atoms with van der Waals surface area (Å²) in [7, 11) is -2.48. The topological polar surface area (TPSA) is 128 Å². The molecule has 220 valence electrons. The fourth-order valence-electron chi connectivity index (χ4n) is 4.96. The second-order valence-corrected chi connectivity index (χ2v) is 11.7. The van der Waals surface area contributed by atoms with Gasteiger partial charge in [0.05, 0.1) is 35.6 Å². The van der Waals surface area contributed by atoms with Gasteiger partial charge in [0, 0.05) is 12.0 Å². The van der Waals surface area contributed by atoms with Crippen molar-refractivity contribution in [2.24, 2.45) is 0 Å². The quantitative estimate of drug-likeness (QED) is 0.173. The summed E-state index contributed by atoms with van der Waals surface area (Å²) in [5, 5.41) is 4.80. The summed E-state index contributed by atoms with van der Waals surface area (Å²) in [5.41, 5.74) is 1.36. The first kappa shape index (κ1) is 30.1. The highest BCUT2D eigenvalue weighted by molar-refractivity contribution is 7.92. The lowest BCUT2D eigenvalue weighted by molar-refractivity contribution is 0.341. The first-order chi connectivity index (χ1) is 19.7. The average molecular weight is 582 g/mol. The van der Waals surface area contributed by atoms with Gasteiger partial charge in [0.25, 0.3) is 15.6 Å². The van der Waals surface area contributed by atoms with Gasteiger partial charge in [-0.15, -0.1) is 5.10 Å². The van der Waals surface area contributed by atoms with Gasteiger partial charge in [-0.1, -0.05) is 45.6 Å². The van der Waals surface area contributed by atoms with E-state index >= 15 is 0 Å². The molecule has 0 spiro atoms. The molecule has 2 aromatic carbocycles. The number of benzene rings is 2. The van der Waals surface area contributed by atoms with Crippen LogP contribution in [-0.4, -0.2) is 41.7 Å². The van der Waals surface area contributed by atoms with Gasteiger partial charge < -0.3 is 14.5 Å². The molecule has 4 rings (SSSR count). The van der Waals surface area contributed by atoms with Crippen LogP contribution in [0.3, 0.4) is 0 Å². The minimum absolute atomic E-state index is 0.00841. The van der Waals surface area contributed by atoms with Gasteiger partial charge in [0.1, 0.15) is 17.3 Å². The summed E-state index contributed by atoms with van der Waals surface area (Å²) < 4.78 is 42.0. The van der Waals surface area contributed by atoms with E-state index in [-0.39, 0.29) is 22.2 Å². The van der Waals surface area contributed by atoms with E-state index in [0.29, 0.717) is 40.6 Å². The van der Waals surface area contributed by atoms with Crippen LogP contribution in [0.1, 0.15) is 76.7 Å². The Bertz CT molecular complexity index is 1660. The van der Waals surface area contributed by atoms with Crippen LogP contribution >= 0.6 is 0 Å². The van der Waals surface area contributed by atoms with Gasteiger partial charge in [0.15, 0.2) is 11.3 Å². The SMILES string of the molecule is CCCCCCC(CC)c1nc(C)c2c(=O)[nH]c(-c3cc(S(=O)(=O)Nc4cccc(OC)c4)ccc3OCC)nn12. The Hall–Kier alpha value is -3.86. The second kappa shape index (κ2) is 13.2. The van der Waals surface area contributed by atoms with Crippen LogP contribution in [0.2, 0.25) is 0 Å². The van der Waals surface area contributed by atoms with E-state index < -0.39 is 10.0 Å². The number of rotatable bonds is 14. The van der Waals surface area contributed by atoms with Crippen molar-refractivity contribution in [3.05, 3.63) is 64.3 Å². The van der Waals surface area contributed by atoms with Crippen molar-refractivity contribution in [1.82, 2.24) is 19.6 Å². The summed E-state index contributed by atoms with van der Waals surface area (Å²) in [4.78, 5) is 20.9. The van der Waals surface area contributed by atoms with Gasteiger partial charge >= 0.3 is 0 Å². The zero-order chi connectivity index (χ0) is 29.6. The molecule has 1 unspecified atom stereocenters. The number of unbranched alkanes of at least 4 members (excludes halogenated alkanes) is 3. The molecule has 1 atom stereocenters. The predicted molar refractivity (Wildman–Crippen MR) is 161 cm³/mol. The van der Waals surface area contributed by atoms with Gasteiger partial charge in [-0.05, 0) is 57.0 Å². The number of ether oxygens (including phenoxy) is 2. The molecule has 11 heteroatoms. The van der Waals surface area contributed by atoms with Gasteiger partial charge in [-0.25, -0.2) is 17.9 Å². The largest absolute Gasteiger partial charge is 0.497 e. The summed E-state index contributed by atoms with van der Waals surface area (Å²) in [6, 6.07) is 11.2. The van der Waals surface area contributed by atoms with Crippen LogP contribution < -0.4 is 19.8 Å². The van der Waals surface area contributed by atoms with Crippen LogP contribution in [0.25, 0.3) is 16.9 Å². The molecule has 0 fully saturated rings. The Morgan fingerprint density at radius 1 is 1.07 bits per heavy atom. The molecule has 0 saturated heterocycles. The van der Waals surface area contributed by atoms with Gasteiger partial charge in [-0.2, -0.15) is 0 Å². The number of imidazole rings is 1. The number of nitrogens with zero attached hydrogens (tertiary/aromatic N) is 3. The summed E-state index contributed by atoms with van der Waals surface area (Å²) in [5.74, 6) is 2.00. The van der Waals surface area contributed by atoms with E-state index in [4.69, 9.17) is 19.6 Å². The lowest BCUT2D eigenvalue weighted by Crippen LogP contribution is -2.17. The van der Waals surface area contributed by atoms with Crippen LogP contribution in [0.4, 0.5) is 5.69 Å². The molecule has 4 aromatic rings. The van der Waals surface area contributed by atoms with Crippen molar-refractivity contribution in [2.45, 2.75) is 77.0 Å². The fraction of sp³-hybridized carbons (Fsp3) is 0.433. The van der Waals surface area contributed by atoms with Crippen molar-refractivity contribution in [1.29, 1.82) is 0 Å². The maximum Gasteiger partial charge on any atom is 0.277 e. The molecule has 0 radical (unpaired) electrons. The van der Waals surface area contributed by atoms with E-state index in [1.54, 1.807) is 34.8 Å². The van der Waals surface area contributed by atoms with Crippen LogP contribution in [-0.2, 0) is 10.0 Å². The molecule has 0 amide bonds. The molecular formula is C30H39N5O5S. The molecule has 0 bridgehead atoms. The normalized spacial score (nSPS) is 12.4. The number of fused-ring (bicyclic) bond motifs is 1. The van der Waals surface area contributed by atoms with Gasteiger partial charge in [0.2, 0.25) is 0 Å². The zero-order valence-corrected chi connectivity index (χ0v) is 25.2.